The highest BCUT2D eigenvalue weighted by Gasteiger charge is 2.36. The summed E-state index contributed by atoms with van der Waals surface area (Å²) in [5.74, 6) is 0.901. The van der Waals surface area contributed by atoms with Crippen molar-refractivity contribution < 1.29 is 9.47 Å². The molecule has 2 fully saturated rings. The molecule has 0 atom stereocenters. The van der Waals surface area contributed by atoms with E-state index in [9.17, 15) is 0 Å². The van der Waals surface area contributed by atoms with Crippen LogP contribution in [-0.2, 0) is 14.9 Å². The zero-order valence-electron chi connectivity index (χ0n) is 19.3. The summed E-state index contributed by atoms with van der Waals surface area (Å²) in [5, 5.41) is 7.12. The zero-order valence-corrected chi connectivity index (χ0v) is 19.3. The van der Waals surface area contributed by atoms with E-state index in [0.717, 1.165) is 78.0 Å². The Bertz CT molecular complexity index is 692. The molecule has 2 aliphatic rings. The van der Waals surface area contributed by atoms with E-state index < -0.39 is 0 Å². The molecule has 6 heteroatoms. The average Bonchev–Trinajstić information content (AvgIpc) is 2.77. The molecule has 168 valence electrons. The Morgan fingerprint density at radius 3 is 2.40 bits per heavy atom. The fourth-order valence-electron chi connectivity index (χ4n) is 4.61. The van der Waals surface area contributed by atoms with Crippen LogP contribution < -0.4 is 10.6 Å². The second-order valence-electron chi connectivity index (χ2n) is 9.17. The van der Waals surface area contributed by atoms with E-state index in [4.69, 9.17) is 14.5 Å². The maximum atomic E-state index is 5.71. The first kappa shape index (κ1) is 23.0. The van der Waals surface area contributed by atoms with E-state index >= 15 is 0 Å². The number of rotatable bonds is 7. The molecule has 30 heavy (non-hydrogen) atoms. The molecular weight excluding hydrogens is 376 g/mol. The lowest BCUT2D eigenvalue weighted by Gasteiger charge is -2.40. The second-order valence-corrected chi connectivity index (χ2v) is 9.17. The van der Waals surface area contributed by atoms with Gasteiger partial charge in [-0.3, -0.25) is 9.89 Å². The third kappa shape index (κ3) is 5.74. The Morgan fingerprint density at radius 2 is 1.73 bits per heavy atom. The molecule has 2 N–H and O–H groups in total. The van der Waals surface area contributed by atoms with Crippen molar-refractivity contribution in [3.63, 3.8) is 0 Å². The summed E-state index contributed by atoms with van der Waals surface area (Å²) in [6.07, 6.45) is 2.06. The molecule has 0 aliphatic carbocycles. The third-order valence-corrected chi connectivity index (χ3v) is 6.60. The molecule has 2 heterocycles. The number of aryl methyl sites for hydroxylation is 1. The number of nitrogens with zero attached hydrogens (tertiary/aromatic N) is 2. The van der Waals surface area contributed by atoms with Crippen molar-refractivity contribution in [3.05, 3.63) is 35.4 Å². The van der Waals surface area contributed by atoms with Crippen molar-refractivity contribution in [2.24, 2.45) is 4.99 Å². The van der Waals surface area contributed by atoms with Crippen molar-refractivity contribution >= 4 is 5.96 Å². The van der Waals surface area contributed by atoms with E-state index in [1.807, 2.05) is 0 Å². The van der Waals surface area contributed by atoms with Crippen molar-refractivity contribution in [2.75, 3.05) is 59.2 Å². The minimum atomic E-state index is 0.0124. The molecule has 3 rings (SSSR count). The summed E-state index contributed by atoms with van der Waals surface area (Å²) < 4.78 is 11.2. The van der Waals surface area contributed by atoms with Crippen LogP contribution in [0.25, 0.3) is 0 Å². The van der Waals surface area contributed by atoms with Gasteiger partial charge in [0.15, 0.2) is 5.96 Å². The van der Waals surface area contributed by atoms with Crippen LogP contribution in [0.4, 0.5) is 0 Å². The maximum absolute atomic E-state index is 5.71. The third-order valence-electron chi connectivity index (χ3n) is 6.60. The molecule has 0 unspecified atom stereocenters. The highest BCUT2D eigenvalue weighted by molar-refractivity contribution is 5.80. The predicted octanol–water partition coefficient (Wildman–Crippen LogP) is 2.71. The predicted molar refractivity (Wildman–Crippen MR) is 123 cm³/mol. The van der Waals surface area contributed by atoms with Crippen LogP contribution in [0.2, 0.25) is 0 Å². The fraction of sp³-hybridized carbons (Fsp3) is 0.708. The Labute approximate surface area is 182 Å². The molecule has 2 saturated heterocycles. The normalized spacial score (nSPS) is 20.7. The van der Waals surface area contributed by atoms with Crippen LogP contribution in [-0.4, -0.2) is 75.5 Å². The minimum absolute atomic E-state index is 0.0124. The lowest BCUT2D eigenvalue weighted by molar-refractivity contribution is -0.00684. The van der Waals surface area contributed by atoms with E-state index in [1.165, 1.54) is 11.1 Å². The van der Waals surface area contributed by atoms with Gasteiger partial charge in [-0.2, -0.15) is 0 Å². The molecule has 0 aromatic heterocycles. The standard InChI is InChI=1S/C24H40N4O2/c1-5-25-22(26-18-23(3,4)28-12-16-30-17-13-28)27-19-24(10-14-29-15-11-24)21-9-7-6-8-20(21)2/h6-9H,5,10-19H2,1-4H3,(H2,25,26,27). The van der Waals surface area contributed by atoms with Gasteiger partial charge in [0, 0.05) is 50.3 Å². The van der Waals surface area contributed by atoms with Gasteiger partial charge in [-0.1, -0.05) is 24.3 Å². The number of ether oxygens (including phenoxy) is 2. The van der Waals surface area contributed by atoms with Gasteiger partial charge < -0.3 is 20.1 Å². The minimum Gasteiger partial charge on any atom is -0.381 e. The molecule has 6 nitrogen and oxygen atoms in total. The smallest absolute Gasteiger partial charge is 0.191 e. The molecule has 0 amide bonds. The fourth-order valence-corrected chi connectivity index (χ4v) is 4.61. The molecule has 1 aromatic rings. The Kier molecular flexibility index (Phi) is 8.14. The van der Waals surface area contributed by atoms with Crippen molar-refractivity contribution in [2.45, 2.75) is 51.5 Å². The first-order valence-electron chi connectivity index (χ1n) is 11.5. The Hall–Kier alpha value is -1.63. The zero-order chi connectivity index (χ0) is 21.5. The first-order chi connectivity index (χ1) is 14.5. The number of hydrogen-bond donors (Lipinski definition) is 2. The van der Waals surface area contributed by atoms with Gasteiger partial charge in [0.2, 0.25) is 0 Å². The molecule has 0 spiro atoms. The lowest BCUT2D eigenvalue weighted by atomic mass is 9.72. The van der Waals surface area contributed by atoms with E-state index in [1.54, 1.807) is 0 Å². The van der Waals surface area contributed by atoms with E-state index in [-0.39, 0.29) is 11.0 Å². The number of benzene rings is 1. The van der Waals surface area contributed by atoms with Crippen LogP contribution in [0.3, 0.4) is 0 Å². The summed E-state index contributed by atoms with van der Waals surface area (Å²) >= 11 is 0. The number of nitrogens with one attached hydrogen (secondary N) is 2. The Balaban J connectivity index is 1.71. The van der Waals surface area contributed by atoms with Crippen molar-refractivity contribution in [1.82, 2.24) is 15.5 Å². The van der Waals surface area contributed by atoms with Crippen LogP contribution in [0.15, 0.2) is 29.3 Å². The topological polar surface area (TPSA) is 58.1 Å². The largest absolute Gasteiger partial charge is 0.381 e. The molecule has 0 radical (unpaired) electrons. The number of aliphatic imine (C=N–C) groups is 1. The highest BCUT2D eigenvalue weighted by atomic mass is 16.5. The van der Waals surface area contributed by atoms with E-state index in [0.29, 0.717) is 0 Å². The number of hydrogen-bond acceptors (Lipinski definition) is 4. The van der Waals surface area contributed by atoms with Gasteiger partial charge in [-0.05, 0) is 51.7 Å². The Morgan fingerprint density at radius 1 is 1.07 bits per heavy atom. The van der Waals surface area contributed by atoms with Crippen LogP contribution >= 0.6 is 0 Å². The van der Waals surface area contributed by atoms with Crippen molar-refractivity contribution in [3.8, 4) is 0 Å². The number of morpholine rings is 1. The molecule has 0 saturated carbocycles. The molecule has 2 aliphatic heterocycles. The lowest BCUT2D eigenvalue weighted by Crippen LogP contribution is -2.52. The molecule has 0 bridgehead atoms. The maximum Gasteiger partial charge on any atom is 0.191 e. The summed E-state index contributed by atoms with van der Waals surface area (Å²) in [6, 6.07) is 8.78. The van der Waals surface area contributed by atoms with Gasteiger partial charge in [-0.15, -0.1) is 0 Å². The first-order valence-corrected chi connectivity index (χ1v) is 11.5. The summed E-state index contributed by atoms with van der Waals surface area (Å²) in [4.78, 5) is 7.46. The van der Waals surface area contributed by atoms with Gasteiger partial charge in [0.05, 0.1) is 19.8 Å². The summed E-state index contributed by atoms with van der Waals surface area (Å²) in [6.45, 7) is 16.6. The average molecular weight is 417 g/mol. The summed E-state index contributed by atoms with van der Waals surface area (Å²) in [7, 11) is 0. The van der Waals surface area contributed by atoms with Gasteiger partial charge >= 0.3 is 0 Å². The second kappa shape index (κ2) is 10.6. The number of guanidine groups is 1. The SMILES string of the molecule is CCNC(=NCC(C)(C)N1CCOCC1)NCC1(c2ccccc2C)CCOCC1. The summed E-state index contributed by atoms with van der Waals surface area (Å²) in [5.41, 5.74) is 2.89. The van der Waals surface area contributed by atoms with E-state index in [2.05, 4.69) is 67.5 Å². The van der Waals surface area contributed by atoms with Gasteiger partial charge in [-0.25, -0.2) is 0 Å². The monoisotopic (exact) mass is 416 g/mol. The van der Waals surface area contributed by atoms with Crippen molar-refractivity contribution in [1.29, 1.82) is 0 Å². The molecular formula is C24H40N4O2. The van der Waals surface area contributed by atoms with Gasteiger partial charge in [0.1, 0.15) is 0 Å². The van der Waals surface area contributed by atoms with Crippen LogP contribution in [0.5, 0.6) is 0 Å². The van der Waals surface area contributed by atoms with Crippen LogP contribution in [0.1, 0.15) is 44.7 Å². The quantitative estimate of drug-likeness (QED) is 0.529. The highest BCUT2D eigenvalue weighted by Crippen LogP contribution is 2.36. The molecule has 1 aromatic carbocycles. The van der Waals surface area contributed by atoms with Crippen LogP contribution in [0, 0.1) is 6.92 Å². The van der Waals surface area contributed by atoms with Gasteiger partial charge in [0.25, 0.3) is 0 Å².